The molecule has 2 unspecified atom stereocenters. The molecule has 164 valence electrons. The van der Waals surface area contributed by atoms with Crippen molar-refractivity contribution < 1.29 is 28.9 Å². The van der Waals surface area contributed by atoms with Crippen LogP contribution in [0.3, 0.4) is 0 Å². The van der Waals surface area contributed by atoms with Gasteiger partial charge in [-0.05, 0) is 45.6 Å². The minimum absolute atomic E-state index is 0.0277. The van der Waals surface area contributed by atoms with Gasteiger partial charge in [0.1, 0.15) is 12.0 Å². The molecule has 0 fully saturated rings. The van der Waals surface area contributed by atoms with Gasteiger partial charge in [-0.1, -0.05) is 50.6 Å². The second kappa shape index (κ2) is 11.3. The van der Waals surface area contributed by atoms with Crippen molar-refractivity contribution in [2.24, 2.45) is 5.41 Å². The van der Waals surface area contributed by atoms with Gasteiger partial charge in [0.05, 0.1) is 19.3 Å². The van der Waals surface area contributed by atoms with Crippen molar-refractivity contribution in [2.75, 3.05) is 13.2 Å². The molecule has 0 heterocycles. The predicted octanol–water partition coefficient (Wildman–Crippen LogP) is 4.52. The lowest BCUT2D eigenvalue weighted by atomic mass is 9.92. The fraction of sp³-hybridized carbons (Fsp3) is 0.652. The van der Waals surface area contributed by atoms with Crippen LogP contribution in [-0.4, -0.2) is 42.0 Å². The highest BCUT2D eigenvalue weighted by Gasteiger charge is 2.41. The van der Waals surface area contributed by atoms with E-state index in [0.29, 0.717) is 12.8 Å². The van der Waals surface area contributed by atoms with Crippen LogP contribution in [0.5, 0.6) is 0 Å². The lowest BCUT2D eigenvalue weighted by Gasteiger charge is -2.32. The molecule has 29 heavy (non-hydrogen) atoms. The Kier molecular flexibility index (Phi) is 9.80. The molecule has 0 aromatic heterocycles. The van der Waals surface area contributed by atoms with E-state index in [1.807, 2.05) is 58.9 Å². The Hall–Kier alpha value is -1.92. The zero-order chi connectivity index (χ0) is 22.1. The third-order valence-corrected chi connectivity index (χ3v) is 5.45. The van der Waals surface area contributed by atoms with Crippen molar-refractivity contribution in [1.29, 1.82) is 0 Å². The van der Waals surface area contributed by atoms with Crippen LogP contribution in [0.2, 0.25) is 0 Å². The Balaban J connectivity index is 2.80. The number of ether oxygens (including phenoxy) is 3. The standard InChI is InChI=1S/C23H36O6/c1-7-18(5)27-15-22(6,20(24)25)16-28-21(26)23(8-2,9-3)29-14-19-12-10-17(4)11-13-19/h10-13,18H,7-9,14-16H2,1-6H3,(H,24,25). The molecule has 0 bridgehead atoms. The van der Waals surface area contributed by atoms with Crippen LogP contribution in [0.15, 0.2) is 24.3 Å². The summed E-state index contributed by atoms with van der Waals surface area (Å²) in [4.78, 5) is 24.6. The number of carbonyl (C=O) groups is 2. The third kappa shape index (κ3) is 7.12. The number of aliphatic carboxylic acids is 1. The predicted molar refractivity (Wildman–Crippen MR) is 112 cm³/mol. The second-order valence-corrected chi connectivity index (χ2v) is 7.95. The Bertz CT molecular complexity index is 650. The first kappa shape index (κ1) is 25.1. The van der Waals surface area contributed by atoms with Crippen LogP contribution in [-0.2, 0) is 30.4 Å². The smallest absolute Gasteiger partial charge is 0.338 e. The SMILES string of the molecule is CCC(C)OCC(C)(COC(=O)C(CC)(CC)OCc1ccc(C)cc1)C(=O)O. The summed E-state index contributed by atoms with van der Waals surface area (Å²) in [5.74, 6) is -1.60. The van der Waals surface area contributed by atoms with Crippen LogP contribution in [0, 0.1) is 12.3 Å². The molecule has 1 N–H and O–H groups in total. The Morgan fingerprint density at radius 1 is 1.07 bits per heavy atom. The van der Waals surface area contributed by atoms with E-state index in [1.165, 1.54) is 6.92 Å². The van der Waals surface area contributed by atoms with Crippen molar-refractivity contribution in [3.05, 3.63) is 35.4 Å². The fourth-order valence-electron chi connectivity index (χ4n) is 2.67. The number of aryl methyl sites for hydroxylation is 1. The van der Waals surface area contributed by atoms with Gasteiger partial charge in [-0.15, -0.1) is 0 Å². The van der Waals surface area contributed by atoms with Crippen LogP contribution in [0.1, 0.15) is 65.0 Å². The first-order chi connectivity index (χ1) is 13.6. The third-order valence-electron chi connectivity index (χ3n) is 5.45. The van der Waals surface area contributed by atoms with Gasteiger partial charge in [0.2, 0.25) is 0 Å². The second-order valence-electron chi connectivity index (χ2n) is 7.95. The van der Waals surface area contributed by atoms with Crippen molar-refractivity contribution in [2.45, 2.75) is 79.1 Å². The minimum atomic E-state index is -1.32. The summed E-state index contributed by atoms with van der Waals surface area (Å²) >= 11 is 0. The molecule has 6 nitrogen and oxygen atoms in total. The number of benzene rings is 1. The molecule has 1 rings (SSSR count). The first-order valence-corrected chi connectivity index (χ1v) is 10.3. The molecule has 1 aromatic rings. The molecule has 0 aliphatic heterocycles. The molecule has 2 atom stereocenters. The minimum Gasteiger partial charge on any atom is -0.481 e. The summed E-state index contributed by atoms with van der Waals surface area (Å²) in [6, 6.07) is 7.91. The van der Waals surface area contributed by atoms with Crippen molar-refractivity contribution in [3.8, 4) is 0 Å². The molecule has 1 aromatic carbocycles. The number of carbonyl (C=O) groups excluding carboxylic acids is 1. The molecule has 0 aliphatic rings. The van der Waals surface area contributed by atoms with E-state index >= 15 is 0 Å². The lowest BCUT2D eigenvalue weighted by molar-refractivity contribution is -0.184. The normalized spacial score (nSPS) is 14.8. The van der Waals surface area contributed by atoms with Crippen molar-refractivity contribution in [3.63, 3.8) is 0 Å². The van der Waals surface area contributed by atoms with Crippen LogP contribution < -0.4 is 0 Å². The van der Waals surface area contributed by atoms with Gasteiger partial charge in [0.15, 0.2) is 5.60 Å². The van der Waals surface area contributed by atoms with Gasteiger partial charge in [0, 0.05) is 0 Å². The summed E-state index contributed by atoms with van der Waals surface area (Å²) in [5.41, 5.74) is -0.310. The van der Waals surface area contributed by atoms with E-state index in [4.69, 9.17) is 14.2 Å². The van der Waals surface area contributed by atoms with E-state index in [2.05, 4.69) is 0 Å². The zero-order valence-corrected chi connectivity index (χ0v) is 18.6. The molecular formula is C23H36O6. The van der Waals surface area contributed by atoms with Gasteiger partial charge in [0.25, 0.3) is 0 Å². The van der Waals surface area contributed by atoms with Gasteiger partial charge < -0.3 is 19.3 Å². The van der Waals surface area contributed by atoms with Gasteiger partial charge in [-0.25, -0.2) is 4.79 Å². The fourth-order valence-corrected chi connectivity index (χ4v) is 2.67. The number of carboxylic acids is 1. The number of hydrogen-bond acceptors (Lipinski definition) is 5. The van der Waals surface area contributed by atoms with Gasteiger partial charge in [-0.2, -0.15) is 0 Å². The van der Waals surface area contributed by atoms with Crippen LogP contribution in [0.25, 0.3) is 0 Å². The summed E-state index contributed by atoms with van der Waals surface area (Å²) in [5, 5.41) is 9.62. The molecule has 0 radical (unpaired) electrons. The van der Waals surface area contributed by atoms with Crippen molar-refractivity contribution in [1.82, 2.24) is 0 Å². The number of rotatable bonds is 13. The van der Waals surface area contributed by atoms with Crippen LogP contribution >= 0.6 is 0 Å². The van der Waals surface area contributed by atoms with E-state index in [9.17, 15) is 14.7 Å². The van der Waals surface area contributed by atoms with Crippen LogP contribution in [0.4, 0.5) is 0 Å². The molecule has 0 amide bonds. The summed E-state index contributed by atoms with van der Waals surface area (Å²) in [7, 11) is 0. The van der Waals surface area contributed by atoms with Gasteiger partial charge >= 0.3 is 11.9 Å². The van der Waals surface area contributed by atoms with Gasteiger partial charge in [-0.3, -0.25) is 4.79 Å². The molecule has 0 aliphatic carbocycles. The molecule has 6 heteroatoms. The van der Waals surface area contributed by atoms with E-state index in [0.717, 1.165) is 17.5 Å². The molecule has 0 spiro atoms. The first-order valence-electron chi connectivity index (χ1n) is 10.3. The average molecular weight is 409 g/mol. The molecule has 0 saturated carbocycles. The van der Waals surface area contributed by atoms with Crippen molar-refractivity contribution >= 4 is 11.9 Å². The summed E-state index contributed by atoms with van der Waals surface area (Å²) in [6.07, 6.45) is 1.58. The van der Waals surface area contributed by atoms with E-state index < -0.39 is 23.0 Å². The number of carboxylic acid groups (broad SMARTS) is 1. The highest BCUT2D eigenvalue weighted by molar-refractivity contribution is 5.80. The monoisotopic (exact) mass is 408 g/mol. The maximum atomic E-state index is 12.9. The summed E-state index contributed by atoms with van der Waals surface area (Å²) in [6.45, 7) is 11.1. The Labute approximate surface area is 174 Å². The Morgan fingerprint density at radius 2 is 1.66 bits per heavy atom. The summed E-state index contributed by atoms with van der Waals surface area (Å²) < 4.78 is 17.1. The maximum absolute atomic E-state index is 12.9. The highest BCUT2D eigenvalue weighted by atomic mass is 16.6. The topological polar surface area (TPSA) is 82.1 Å². The quantitative estimate of drug-likeness (QED) is 0.483. The van der Waals surface area contributed by atoms with E-state index in [1.54, 1.807) is 0 Å². The Morgan fingerprint density at radius 3 is 2.14 bits per heavy atom. The maximum Gasteiger partial charge on any atom is 0.338 e. The number of esters is 1. The highest BCUT2D eigenvalue weighted by Crippen LogP contribution is 2.27. The number of hydrogen-bond donors (Lipinski definition) is 1. The molecule has 0 saturated heterocycles. The zero-order valence-electron chi connectivity index (χ0n) is 18.6. The lowest BCUT2D eigenvalue weighted by Crippen LogP contribution is -2.45. The largest absolute Gasteiger partial charge is 0.481 e. The van der Waals surface area contributed by atoms with E-state index in [-0.39, 0.29) is 25.9 Å². The average Bonchev–Trinajstić information content (AvgIpc) is 2.72. The molecular weight excluding hydrogens is 372 g/mol.